The summed E-state index contributed by atoms with van der Waals surface area (Å²) in [6.45, 7) is 3.90. The summed E-state index contributed by atoms with van der Waals surface area (Å²) in [7, 11) is 0. The summed E-state index contributed by atoms with van der Waals surface area (Å²) in [5, 5.41) is 5.63. The van der Waals surface area contributed by atoms with Gasteiger partial charge in [-0.1, -0.05) is 26.2 Å². The maximum absolute atomic E-state index is 12.4. The van der Waals surface area contributed by atoms with E-state index in [2.05, 4.69) is 17.6 Å². The molecule has 0 unspecified atom stereocenters. The van der Waals surface area contributed by atoms with E-state index in [0.717, 1.165) is 36.3 Å². The normalized spacial score (nSPS) is 25.6. The van der Waals surface area contributed by atoms with Crippen molar-refractivity contribution >= 4 is 29.6 Å². The second-order valence-corrected chi connectivity index (χ2v) is 7.28. The molecule has 2 aliphatic heterocycles. The summed E-state index contributed by atoms with van der Waals surface area (Å²) in [6.07, 6.45) is 4.92. The molecule has 7 heteroatoms. The molecule has 2 saturated heterocycles. The van der Waals surface area contributed by atoms with Crippen LogP contribution in [0.2, 0.25) is 0 Å². The van der Waals surface area contributed by atoms with Gasteiger partial charge >= 0.3 is 6.03 Å². The molecule has 124 valence electrons. The number of hydrogen-bond acceptors (Lipinski definition) is 4. The molecule has 0 aliphatic carbocycles. The molecule has 0 bridgehead atoms. The first-order valence-corrected chi connectivity index (χ1v) is 9.15. The summed E-state index contributed by atoms with van der Waals surface area (Å²) in [6, 6.07) is -0.378. The third kappa shape index (κ3) is 3.74. The molecule has 2 atom stereocenters. The number of hydrogen-bond donors (Lipinski definition) is 2. The first kappa shape index (κ1) is 17.1. The van der Waals surface area contributed by atoms with E-state index in [0.29, 0.717) is 12.2 Å². The number of urea groups is 1. The van der Waals surface area contributed by atoms with Crippen molar-refractivity contribution in [1.29, 1.82) is 0 Å². The van der Waals surface area contributed by atoms with E-state index in [1.165, 1.54) is 0 Å². The molecule has 0 saturated carbocycles. The summed E-state index contributed by atoms with van der Waals surface area (Å²) in [5.41, 5.74) is -0.769. The summed E-state index contributed by atoms with van der Waals surface area (Å²) in [4.78, 5) is 37.5. The molecule has 1 spiro atoms. The van der Waals surface area contributed by atoms with Gasteiger partial charge in [0.25, 0.3) is 5.91 Å². The Hall–Kier alpha value is -1.24. The zero-order valence-corrected chi connectivity index (χ0v) is 14.1. The highest BCUT2D eigenvalue weighted by molar-refractivity contribution is 7.99. The van der Waals surface area contributed by atoms with Crippen LogP contribution in [0.3, 0.4) is 0 Å². The van der Waals surface area contributed by atoms with Crippen molar-refractivity contribution < 1.29 is 14.4 Å². The largest absolute Gasteiger partial charge is 0.352 e. The van der Waals surface area contributed by atoms with Crippen molar-refractivity contribution in [2.45, 2.75) is 57.5 Å². The molecular weight excluding hydrogens is 302 g/mol. The molecule has 2 rings (SSSR count). The second-order valence-electron chi connectivity index (χ2n) is 6.17. The average Bonchev–Trinajstić information content (AvgIpc) is 3.01. The third-order valence-corrected chi connectivity index (χ3v) is 5.41. The van der Waals surface area contributed by atoms with E-state index in [1.807, 2.05) is 6.92 Å². The third-order valence-electron chi connectivity index (χ3n) is 4.22. The van der Waals surface area contributed by atoms with Gasteiger partial charge in [-0.2, -0.15) is 11.8 Å². The van der Waals surface area contributed by atoms with Crippen LogP contribution in [0.5, 0.6) is 0 Å². The lowest BCUT2D eigenvalue weighted by Gasteiger charge is -2.20. The molecule has 0 aromatic carbocycles. The van der Waals surface area contributed by atoms with Crippen molar-refractivity contribution in [3.8, 4) is 0 Å². The number of imide groups is 1. The van der Waals surface area contributed by atoms with Crippen LogP contribution in [0.4, 0.5) is 4.79 Å². The fraction of sp³-hybridized carbons (Fsp3) is 0.800. The summed E-state index contributed by atoms with van der Waals surface area (Å²) in [5.74, 6) is 0.940. The van der Waals surface area contributed by atoms with Gasteiger partial charge in [0.15, 0.2) is 0 Å². The van der Waals surface area contributed by atoms with Crippen molar-refractivity contribution in [1.82, 2.24) is 15.5 Å². The van der Waals surface area contributed by atoms with Gasteiger partial charge in [-0.3, -0.25) is 14.5 Å². The van der Waals surface area contributed by atoms with E-state index < -0.39 is 11.6 Å². The number of nitrogens with one attached hydrogen (secondary N) is 2. The fourth-order valence-electron chi connectivity index (χ4n) is 2.89. The Balaban J connectivity index is 1.83. The average molecular weight is 327 g/mol. The minimum Gasteiger partial charge on any atom is -0.352 e. The molecular formula is C15H25N3O3S. The van der Waals surface area contributed by atoms with Gasteiger partial charge in [-0.25, -0.2) is 4.79 Å². The van der Waals surface area contributed by atoms with E-state index >= 15 is 0 Å². The topological polar surface area (TPSA) is 78.5 Å². The van der Waals surface area contributed by atoms with Gasteiger partial charge in [0.1, 0.15) is 12.1 Å². The summed E-state index contributed by atoms with van der Waals surface area (Å²) >= 11 is 1.66. The molecule has 2 heterocycles. The monoisotopic (exact) mass is 327 g/mol. The maximum atomic E-state index is 12.4. The Morgan fingerprint density at radius 3 is 2.86 bits per heavy atom. The van der Waals surface area contributed by atoms with Crippen LogP contribution < -0.4 is 10.6 Å². The summed E-state index contributed by atoms with van der Waals surface area (Å²) < 4.78 is 0. The molecule has 6 nitrogen and oxygen atoms in total. The van der Waals surface area contributed by atoms with E-state index in [-0.39, 0.29) is 24.4 Å². The SMILES string of the molecule is CCCCC[C@@H](C)NC(=O)CN1C(=O)N[C@]2(CCSC2)C1=O. The number of thioether (sulfide) groups is 1. The Morgan fingerprint density at radius 1 is 1.45 bits per heavy atom. The van der Waals surface area contributed by atoms with Crippen molar-refractivity contribution in [3.05, 3.63) is 0 Å². The van der Waals surface area contributed by atoms with E-state index in [1.54, 1.807) is 11.8 Å². The van der Waals surface area contributed by atoms with Gasteiger partial charge in [0, 0.05) is 11.8 Å². The van der Waals surface area contributed by atoms with Crippen LogP contribution in [0.25, 0.3) is 0 Å². The van der Waals surface area contributed by atoms with Gasteiger partial charge in [0.05, 0.1) is 0 Å². The standard InChI is InChI=1S/C15H25N3O3S/c1-3-4-5-6-11(2)16-12(19)9-18-13(20)15(17-14(18)21)7-8-22-10-15/h11H,3-10H2,1-2H3,(H,16,19)(H,17,21)/t11-,15+/m1/s1. The quantitative estimate of drug-likeness (QED) is 0.549. The van der Waals surface area contributed by atoms with Crippen LogP contribution in [0.1, 0.15) is 46.0 Å². The van der Waals surface area contributed by atoms with Gasteiger partial charge in [0.2, 0.25) is 5.91 Å². The minimum atomic E-state index is -0.769. The van der Waals surface area contributed by atoms with Crippen LogP contribution in [-0.2, 0) is 9.59 Å². The van der Waals surface area contributed by atoms with Crippen LogP contribution in [0.15, 0.2) is 0 Å². The van der Waals surface area contributed by atoms with E-state index in [4.69, 9.17) is 0 Å². The Morgan fingerprint density at radius 2 is 2.23 bits per heavy atom. The van der Waals surface area contributed by atoms with Crippen molar-refractivity contribution in [3.63, 3.8) is 0 Å². The fourth-order valence-corrected chi connectivity index (χ4v) is 4.21. The molecule has 0 radical (unpaired) electrons. The Labute approximate surface area is 135 Å². The maximum Gasteiger partial charge on any atom is 0.325 e. The molecule has 2 aliphatic rings. The Bertz CT molecular complexity index is 449. The zero-order chi connectivity index (χ0) is 16.2. The van der Waals surface area contributed by atoms with Gasteiger partial charge in [-0.05, 0) is 25.5 Å². The first-order chi connectivity index (χ1) is 10.5. The molecule has 22 heavy (non-hydrogen) atoms. The lowest BCUT2D eigenvalue weighted by Crippen LogP contribution is -2.48. The molecule has 0 aromatic heterocycles. The lowest BCUT2D eigenvalue weighted by atomic mass is 9.99. The number of nitrogens with zero attached hydrogens (tertiary/aromatic N) is 1. The number of carbonyl (C=O) groups excluding carboxylic acids is 3. The molecule has 2 N–H and O–H groups in total. The number of amides is 4. The number of unbranched alkanes of at least 4 members (excludes halogenated alkanes) is 2. The molecule has 4 amide bonds. The highest BCUT2D eigenvalue weighted by Gasteiger charge is 2.53. The number of rotatable bonds is 7. The second kappa shape index (κ2) is 7.35. The van der Waals surface area contributed by atoms with Crippen LogP contribution >= 0.6 is 11.8 Å². The van der Waals surface area contributed by atoms with Gasteiger partial charge in [-0.15, -0.1) is 0 Å². The van der Waals surface area contributed by atoms with Crippen molar-refractivity contribution in [2.75, 3.05) is 18.1 Å². The zero-order valence-electron chi connectivity index (χ0n) is 13.3. The highest BCUT2D eigenvalue weighted by atomic mass is 32.2. The Kier molecular flexibility index (Phi) is 5.72. The van der Waals surface area contributed by atoms with Crippen molar-refractivity contribution in [2.24, 2.45) is 0 Å². The minimum absolute atomic E-state index is 0.0656. The smallest absolute Gasteiger partial charge is 0.325 e. The molecule has 2 fully saturated rings. The lowest BCUT2D eigenvalue weighted by molar-refractivity contribution is -0.134. The highest BCUT2D eigenvalue weighted by Crippen LogP contribution is 2.33. The van der Waals surface area contributed by atoms with Crippen LogP contribution in [-0.4, -0.2) is 52.4 Å². The predicted octanol–water partition coefficient (Wildman–Crippen LogP) is 1.50. The van der Waals surface area contributed by atoms with Gasteiger partial charge < -0.3 is 10.6 Å². The van der Waals surface area contributed by atoms with E-state index in [9.17, 15) is 14.4 Å². The first-order valence-electron chi connectivity index (χ1n) is 8.00. The molecule has 0 aromatic rings. The predicted molar refractivity (Wildman–Crippen MR) is 86.7 cm³/mol. The van der Waals surface area contributed by atoms with Crippen LogP contribution in [0, 0.1) is 0 Å². The number of carbonyl (C=O) groups is 3.